The van der Waals surface area contributed by atoms with E-state index < -0.39 is 0 Å². The molecule has 0 radical (unpaired) electrons. The molecule has 1 amide bonds. The van der Waals surface area contributed by atoms with E-state index in [4.69, 9.17) is 5.73 Å². The van der Waals surface area contributed by atoms with Crippen LogP contribution < -0.4 is 11.1 Å². The van der Waals surface area contributed by atoms with Crippen molar-refractivity contribution in [3.8, 4) is 0 Å². The monoisotopic (exact) mass is 280 g/mol. The van der Waals surface area contributed by atoms with E-state index in [9.17, 15) is 4.79 Å². The number of fused-ring (bicyclic) bond motifs is 1. The second kappa shape index (κ2) is 4.94. The minimum Gasteiger partial charge on any atom is -0.397 e. The molecule has 1 aromatic heterocycles. The van der Waals surface area contributed by atoms with Crippen LogP contribution in [0.15, 0.2) is 42.5 Å². The average Bonchev–Trinajstić information content (AvgIpc) is 2.81. The number of carbonyl (C=O) groups is 1. The fraction of sp³-hybridized carbons (Fsp3) is 0.125. The highest BCUT2D eigenvalue weighted by Crippen LogP contribution is 2.24. The third-order valence-corrected chi connectivity index (χ3v) is 3.52. The molecule has 0 saturated carbocycles. The van der Waals surface area contributed by atoms with Gasteiger partial charge in [-0.25, -0.2) is 0 Å². The van der Waals surface area contributed by atoms with Crippen molar-refractivity contribution in [3.05, 3.63) is 53.7 Å². The second-order valence-corrected chi connectivity index (χ2v) is 4.98. The molecule has 0 saturated heterocycles. The molecule has 5 nitrogen and oxygen atoms in total. The average molecular weight is 280 g/mol. The fourth-order valence-electron chi connectivity index (χ4n) is 2.42. The Bertz CT molecular complexity index is 815. The Morgan fingerprint density at radius 2 is 1.95 bits per heavy atom. The van der Waals surface area contributed by atoms with E-state index in [1.54, 1.807) is 10.7 Å². The highest BCUT2D eigenvalue weighted by molar-refractivity contribution is 6.12. The molecule has 106 valence electrons. The number of amides is 1. The topological polar surface area (TPSA) is 72.9 Å². The summed E-state index contributed by atoms with van der Waals surface area (Å²) in [5.74, 6) is -0.257. The summed E-state index contributed by atoms with van der Waals surface area (Å²) >= 11 is 0. The van der Waals surface area contributed by atoms with Crippen molar-refractivity contribution in [2.24, 2.45) is 7.05 Å². The molecule has 0 atom stereocenters. The molecule has 0 aliphatic carbocycles. The van der Waals surface area contributed by atoms with E-state index in [-0.39, 0.29) is 5.91 Å². The van der Waals surface area contributed by atoms with Gasteiger partial charge >= 0.3 is 0 Å². The molecule has 0 aliphatic heterocycles. The number of nitrogen functional groups attached to an aromatic ring is 1. The Balaban J connectivity index is 2.02. The second-order valence-electron chi connectivity index (χ2n) is 4.98. The smallest absolute Gasteiger partial charge is 0.276 e. The van der Waals surface area contributed by atoms with Crippen molar-refractivity contribution in [2.75, 3.05) is 11.1 Å². The number of anilines is 2. The number of carbonyl (C=O) groups excluding carboxylic acids is 1. The third-order valence-electron chi connectivity index (χ3n) is 3.52. The van der Waals surface area contributed by atoms with E-state index in [1.165, 1.54) is 0 Å². The van der Waals surface area contributed by atoms with Crippen LogP contribution in [0.25, 0.3) is 10.9 Å². The van der Waals surface area contributed by atoms with Gasteiger partial charge in [0.1, 0.15) is 0 Å². The Kier molecular flexibility index (Phi) is 3.10. The Hall–Kier alpha value is -2.82. The maximum atomic E-state index is 12.5. The minimum absolute atomic E-state index is 0.257. The predicted molar refractivity (Wildman–Crippen MR) is 84.3 cm³/mol. The van der Waals surface area contributed by atoms with Gasteiger partial charge in [0.15, 0.2) is 5.69 Å². The molecule has 0 aliphatic rings. The number of aryl methyl sites for hydroxylation is 2. The Morgan fingerprint density at radius 1 is 1.19 bits per heavy atom. The van der Waals surface area contributed by atoms with E-state index in [2.05, 4.69) is 10.4 Å². The standard InChI is InChI=1S/C16H16N4O/c1-10-6-5-8-12(17)14(10)18-16(21)15-11-7-3-4-9-13(11)20(2)19-15/h3-9H,17H2,1-2H3,(H,18,21). The lowest BCUT2D eigenvalue weighted by Crippen LogP contribution is -2.15. The summed E-state index contributed by atoms with van der Waals surface area (Å²) in [6.07, 6.45) is 0. The number of rotatable bonds is 2. The van der Waals surface area contributed by atoms with Crippen LogP contribution in [0, 0.1) is 6.92 Å². The molecule has 5 heteroatoms. The number of benzene rings is 2. The zero-order valence-electron chi connectivity index (χ0n) is 11.9. The van der Waals surface area contributed by atoms with Crippen molar-refractivity contribution in [1.82, 2.24) is 9.78 Å². The minimum atomic E-state index is -0.257. The summed E-state index contributed by atoms with van der Waals surface area (Å²) in [6, 6.07) is 13.2. The van der Waals surface area contributed by atoms with E-state index in [1.807, 2.05) is 50.4 Å². The highest BCUT2D eigenvalue weighted by Gasteiger charge is 2.17. The van der Waals surface area contributed by atoms with Crippen LogP contribution in [-0.4, -0.2) is 15.7 Å². The number of nitrogens with one attached hydrogen (secondary N) is 1. The lowest BCUT2D eigenvalue weighted by molar-refractivity contribution is 0.102. The molecule has 3 N–H and O–H groups in total. The van der Waals surface area contributed by atoms with Gasteiger partial charge in [0.25, 0.3) is 5.91 Å². The van der Waals surface area contributed by atoms with Gasteiger partial charge in [-0.05, 0) is 24.6 Å². The molecule has 0 unspecified atom stereocenters. The van der Waals surface area contributed by atoms with E-state index in [0.717, 1.165) is 16.5 Å². The van der Waals surface area contributed by atoms with Crippen molar-refractivity contribution in [3.63, 3.8) is 0 Å². The predicted octanol–water partition coefficient (Wildman–Crippen LogP) is 2.72. The van der Waals surface area contributed by atoms with Crippen LogP contribution in [0.3, 0.4) is 0 Å². The molecule has 21 heavy (non-hydrogen) atoms. The van der Waals surface area contributed by atoms with Crippen LogP contribution in [-0.2, 0) is 7.05 Å². The molecule has 0 bridgehead atoms. The molecule has 3 rings (SSSR count). The van der Waals surface area contributed by atoms with Gasteiger partial charge in [0, 0.05) is 12.4 Å². The maximum Gasteiger partial charge on any atom is 0.276 e. The molecule has 1 heterocycles. The SMILES string of the molecule is Cc1cccc(N)c1NC(=O)c1nn(C)c2ccccc12. The highest BCUT2D eigenvalue weighted by atomic mass is 16.2. The number of nitrogens with two attached hydrogens (primary N) is 1. The zero-order valence-corrected chi connectivity index (χ0v) is 11.9. The Labute approximate surface area is 122 Å². The lowest BCUT2D eigenvalue weighted by Gasteiger charge is -2.10. The third kappa shape index (κ3) is 2.23. The summed E-state index contributed by atoms with van der Waals surface area (Å²) in [4.78, 5) is 12.5. The molecule has 0 spiro atoms. The molecular formula is C16H16N4O. The summed E-state index contributed by atoms with van der Waals surface area (Å²) < 4.78 is 1.70. The van der Waals surface area contributed by atoms with Gasteiger partial charge < -0.3 is 11.1 Å². The number of nitrogens with zero attached hydrogens (tertiary/aromatic N) is 2. The molecule has 2 aromatic carbocycles. The quantitative estimate of drug-likeness (QED) is 0.709. The van der Waals surface area contributed by atoms with Crippen LogP contribution >= 0.6 is 0 Å². The zero-order chi connectivity index (χ0) is 15.0. The van der Waals surface area contributed by atoms with Gasteiger partial charge in [-0.2, -0.15) is 5.10 Å². The molecule has 3 aromatic rings. The van der Waals surface area contributed by atoms with Gasteiger partial charge in [-0.3, -0.25) is 9.48 Å². The van der Waals surface area contributed by atoms with Crippen molar-refractivity contribution in [1.29, 1.82) is 0 Å². The van der Waals surface area contributed by atoms with Crippen LogP contribution in [0.4, 0.5) is 11.4 Å². The van der Waals surface area contributed by atoms with E-state index >= 15 is 0 Å². The Morgan fingerprint density at radius 3 is 2.71 bits per heavy atom. The van der Waals surface area contributed by atoms with Gasteiger partial charge in [0.2, 0.25) is 0 Å². The number of hydrogen-bond acceptors (Lipinski definition) is 3. The lowest BCUT2D eigenvalue weighted by atomic mass is 10.1. The van der Waals surface area contributed by atoms with E-state index in [0.29, 0.717) is 17.1 Å². The first-order chi connectivity index (χ1) is 10.1. The molecule has 0 fully saturated rings. The normalized spacial score (nSPS) is 10.8. The number of aromatic nitrogens is 2. The van der Waals surface area contributed by atoms with Gasteiger partial charge in [0.05, 0.1) is 16.9 Å². The van der Waals surface area contributed by atoms with Crippen LogP contribution in [0.2, 0.25) is 0 Å². The fourth-order valence-corrected chi connectivity index (χ4v) is 2.42. The van der Waals surface area contributed by atoms with Gasteiger partial charge in [-0.1, -0.05) is 30.3 Å². The first-order valence-corrected chi connectivity index (χ1v) is 6.66. The first kappa shape index (κ1) is 13.2. The van der Waals surface area contributed by atoms with Gasteiger partial charge in [-0.15, -0.1) is 0 Å². The van der Waals surface area contributed by atoms with Crippen molar-refractivity contribution in [2.45, 2.75) is 6.92 Å². The summed E-state index contributed by atoms with van der Waals surface area (Å²) in [5.41, 5.74) is 9.34. The first-order valence-electron chi connectivity index (χ1n) is 6.66. The summed E-state index contributed by atoms with van der Waals surface area (Å²) in [6.45, 7) is 1.91. The largest absolute Gasteiger partial charge is 0.397 e. The number of hydrogen-bond donors (Lipinski definition) is 2. The number of para-hydroxylation sites is 2. The maximum absolute atomic E-state index is 12.5. The van der Waals surface area contributed by atoms with Crippen LogP contribution in [0.5, 0.6) is 0 Å². The summed E-state index contributed by atoms with van der Waals surface area (Å²) in [5, 5.41) is 7.99. The van der Waals surface area contributed by atoms with Crippen molar-refractivity contribution < 1.29 is 4.79 Å². The van der Waals surface area contributed by atoms with Crippen LogP contribution in [0.1, 0.15) is 16.1 Å². The molecular weight excluding hydrogens is 264 g/mol. The van der Waals surface area contributed by atoms with Crippen molar-refractivity contribution >= 4 is 28.2 Å². The summed E-state index contributed by atoms with van der Waals surface area (Å²) in [7, 11) is 1.82.